The second-order valence-electron chi connectivity index (χ2n) is 5.24. The van der Waals surface area contributed by atoms with E-state index in [0.717, 1.165) is 22.0 Å². The van der Waals surface area contributed by atoms with E-state index in [0.29, 0.717) is 12.3 Å². The standard InChI is InChI=1S/C18H17N3O2S/c1-13-5-7-15(8-6-13)23-11-17(22)20-10-14-12-24-18(21-14)16-4-2-3-9-19-16/h2-9,12H,10-11H2,1H3,(H,20,22). The molecule has 0 aliphatic carbocycles. The Labute approximate surface area is 144 Å². The molecule has 2 heterocycles. The lowest BCUT2D eigenvalue weighted by Crippen LogP contribution is -2.28. The van der Waals surface area contributed by atoms with Crippen LogP contribution in [0.1, 0.15) is 11.3 Å². The third-order valence-electron chi connectivity index (χ3n) is 3.29. The molecule has 1 N–H and O–H groups in total. The van der Waals surface area contributed by atoms with Crippen LogP contribution in [-0.4, -0.2) is 22.5 Å². The van der Waals surface area contributed by atoms with Crippen LogP contribution in [0.5, 0.6) is 5.75 Å². The Bertz CT molecular complexity index is 801. The lowest BCUT2D eigenvalue weighted by Gasteiger charge is -2.06. The number of hydrogen-bond donors (Lipinski definition) is 1. The van der Waals surface area contributed by atoms with Crippen molar-refractivity contribution in [3.05, 3.63) is 65.3 Å². The van der Waals surface area contributed by atoms with Gasteiger partial charge in [-0.3, -0.25) is 9.78 Å². The van der Waals surface area contributed by atoms with E-state index in [1.165, 1.54) is 11.3 Å². The van der Waals surface area contributed by atoms with Crippen LogP contribution >= 0.6 is 11.3 Å². The molecule has 0 spiro atoms. The van der Waals surface area contributed by atoms with Crippen molar-refractivity contribution in [2.45, 2.75) is 13.5 Å². The molecule has 24 heavy (non-hydrogen) atoms. The summed E-state index contributed by atoms with van der Waals surface area (Å²) in [5.74, 6) is 0.504. The van der Waals surface area contributed by atoms with Crippen LogP contribution in [0.25, 0.3) is 10.7 Å². The molecule has 5 nitrogen and oxygen atoms in total. The molecule has 0 saturated heterocycles. The van der Waals surface area contributed by atoms with Crippen molar-refractivity contribution in [3.63, 3.8) is 0 Å². The van der Waals surface area contributed by atoms with Crippen molar-refractivity contribution in [1.82, 2.24) is 15.3 Å². The third kappa shape index (κ3) is 4.39. The van der Waals surface area contributed by atoms with Crippen molar-refractivity contribution in [2.24, 2.45) is 0 Å². The van der Waals surface area contributed by atoms with E-state index in [-0.39, 0.29) is 12.5 Å². The van der Waals surface area contributed by atoms with Crippen molar-refractivity contribution in [1.29, 1.82) is 0 Å². The number of carbonyl (C=O) groups is 1. The molecular weight excluding hydrogens is 322 g/mol. The molecule has 0 saturated carbocycles. The van der Waals surface area contributed by atoms with Crippen LogP contribution in [0.3, 0.4) is 0 Å². The fourth-order valence-electron chi connectivity index (χ4n) is 2.02. The molecule has 0 atom stereocenters. The molecule has 0 aliphatic heterocycles. The van der Waals surface area contributed by atoms with E-state index in [1.54, 1.807) is 6.20 Å². The molecule has 0 aliphatic rings. The van der Waals surface area contributed by atoms with E-state index in [1.807, 2.05) is 54.8 Å². The zero-order valence-corrected chi connectivity index (χ0v) is 14.0. The number of ether oxygens (including phenoxy) is 1. The zero-order valence-electron chi connectivity index (χ0n) is 13.2. The van der Waals surface area contributed by atoms with E-state index < -0.39 is 0 Å². The van der Waals surface area contributed by atoms with Gasteiger partial charge in [0.2, 0.25) is 0 Å². The van der Waals surface area contributed by atoms with Crippen LogP contribution in [0, 0.1) is 6.92 Å². The maximum absolute atomic E-state index is 11.9. The summed E-state index contributed by atoms with van der Waals surface area (Å²) in [7, 11) is 0. The minimum absolute atomic E-state index is 0.0136. The minimum atomic E-state index is -0.178. The number of pyridine rings is 1. The number of rotatable bonds is 6. The minimum Gasteiger partial charge on any atom is -0.484 e. The first kappa shape index (κ1) is 16.1. The smallest absolute Gasteiger partial charge is 0.258 e. The highest BCUT2D eigenvalue weighted by molar-refractivity contribution is 7.13. The van der Waals surface area contributed by atoms with Gasteiger partial charge in [0, 0.05) is 11.6 Å². The fraction of sp³-hybridized carbons (Fsp3) is 0.167. The van der Waals surface area contributed by atoms with Gasteiger partial charge in [0.25, 0.3) is 5.91 Å². The van der Waals surface area contributed by atoms with Gasteiger partial charge in [-0.15, -0.1) is 11.3 Å². The highest BCUT2D eigenvalue weighted by Crippen LogP contribution is 2.21. The molecule has 6 heteroatoms. The summed E-state index contributed by atoms with van der Waals surface area (Å²) in [4.78, 5) is 20.6. The number of carbonyl (C=O) groups excluding carboxylic acids is 1. The molecule has 122 valence electrons. The molecule has 1 aromatic carbocycles. The van der Waals surface area contributed by atoms with Gasteiger partial charge in [-0.05, 0) is 31.2 Å². The van der Waals surface area contributed by atoms with Gasteiger partial charge in [0.05, 0.1) is 17.9 Å². The molecule has 0 unspecified atom stereocenters. The van der Waals surface area contributed by atoms with E-state index in [9.17, 15) is 4.79 Å². The fourth-order valence-corrected chi connectivity index (χ4v) is 2.81. The molecule has 1 amide bonds. The van der Waals surface area contributed by atoms with Gasteiger partial charge < -0.3 is 10.1 Å². The topological polar surface area (TPSA) is 64.1 Å². The number of nitrogens with zero attached hydrogens (tertiary/aromatic N) is 2. The van der Waals surface area contributed by atoms with Crippen molar-refractivity contribution in [3.8, 4) is 16.5 Å². The predicted octanol–water partition coefficient (Wildman–Crippen LogP) is 3.21. The highest BCUT2D eigenvalue weighted by atomic mass is 32.1. The summed E-state index contributed by atoms with van der Waals surface area (Å²) < 4.78 is 5.45. The Morgan fingerprint density at radius 2 is 2.04 bits per heavy atom. The summed E-state index contributed by atoms with van der Waals surface area (Å²) in [6.07, 6.45) is 1.74. The number of aryl methyl sites for hydroxylation is 1. The third-order valence-corrected chi connectivity index (χ3v) is 4.21. The Kier molecular flexibility index (Phi) is 5.18. The SMILES string of the molecule is Cc1ccc(OCC(=O)NCc2csc(-c3ccccn3)n2)cc1. The molecule has 0 fully saturated rings. The quantitative estimate of drug-likeness (QED) is 0.749. The van der Waals surface area contributed by atoms with Crippen LogP contribution in [-0.2, 0) is 11.3 Å². The number of hydrogen-bond acceptors (Lipinski definition) is 5. The number of thiazole rings is 1. The summed E-state index contributed by atoms with van der Waals surface area (Å²) in [6, 6.07) is 13.3. The van der Waals surface area contributed by atoms with Gasteiger partial charge in [-0.25, -0.2) is 4.98 Å². The number of aromatic nitrogens is 2. The van der Waals surface area contributed by atoms with Crippen molar-refractivity contribution >= 4 is 17.2 Å². The Morgan fingerprint density at radius 1 is 1.21 bits per heavy atom. The summed E-state index contributed by atoms with van der Waals surface area (Å²) in [5.41, 5.74) is 2.80. The molecule has 0 radical (unpaired) electrons. The number of amides is 1. The maximum atomic E-state index is 11.9. The molecule has 3 aromatic rings. The van der Waals surface area contributed by atoms with E-state index in [2.05, 4.69) is 15.3 Å². The summed E-state index contributed by atoms with van der Waals surface area (Å²) in [5, 5.41) is 5.57. The van der Waals surface area contributed by atoms with Gasteiger partial charge >= 0.3 is 0 Å². The second kappa shape index (κ2) is 7.70. The maximum Gasteiger partial charge on any atom is 0.258 e. The predicted molar refractivity (Wildman–Crippen MR) is 93.9 cm³/mol. The van der Waals surface area contributed by atoms with Gasteiger partial charge in [-0.1, -0.05) is 23.8 Å². The van der Waals surface area contributed by atoms with Gasteiger partial charge in [0.15, 0.2) is 6.61 Å². The van der Waals surface area contributed by atoms with E-state index >= 15 is 0 Å². The number of benzene rings is 1. The number of nitrogens with one attached hydrogen (secondary N) is 1. The molecular formula is C18H17N3O2S. The monoisotopic (exact) mass is 339 g/mol. The highest BCUT2D eigenvalue weighted by Gasteiger charge is 2.07. The summed E-state index contributed by atoms with van der Waals surface area (Å²) >= 11 is 1.51. The lowest BCUT2D eigenvalue weighted by molar-refractivity contribution is -0.123. The lowest BCUT2D eigenvalue weighted by atomic mass is 10.2. The van der Waals surface area contributed by atoms with Crippen LogP contribution in [0.15, 0.2) is 54.0 Å². The normalized spacial score (nSPS) is 10.4. The Balaban J connectivity index is 1.48. The second-order valence-corrected chi connectivity index (χ2v) is 6.10. The van der Waals surface area contributed by atoms with Gasteiger partial charge in [-0.2, -0.15) is 0 Å². The van der Waals surface area contributed by atoms with Crippen LogP contribution in [0.4, 0.5) is 0 Å². The van der Waals surface area contributed by atoms with E-state index in [4.69, 9.17) is 4.74 Å². The zero-order chi connectivity index (χ0) is 16.8. The van der Waals surface area contributed by atoms with Crippen LogP contribution < -0.4 is 10.1 Å². The van der Waals surface area contributed by atoms with Gasteiger partial charge in [0.1, 0.15) is 10.8 Å². The average Bonchev–Trinajstić information content (AvgIpc) is 3.09. The van der Waals surface area contributed by atoms with Crippen molar-refractivity contribution in [2.75, 3.05) is 6.61 Å². The average molecular weight is 339 g/mol. The summed E-state index contributed by atoms with van der Waals surface area (Å²) in [6.45, 7) is 2.36. The largest absolute Gasteiger partial charge is 0.484 e. The Hall–Kier alpha value is -2.73. The first-order valence-corrected chi connectivity index (χ1v) is 8.40. The van der Waals surface area contributed by atoms with Crippen LogP contribution in [0.2, 0.25) is 0 Å². The first-order chi connectivity index (χ1) is 11.7. The molecule has 2 aromatic heterocycles. The first-order valence-electron chi connectivity index (χ1n) is 7.53. The Morgan fingerprint density at radius 3 is 2.79 bits per heavy atom. The van der Waals surface area contributed by atoms with Crippen molar-refractivity contribution < 1.29 is 9.53 Å². The molecule has 3 rings (SSSR count). The molecule has 0 bridgehead atoms.